The van der Waals surface area contributed by atoms with Crippen molar-refractivity contribution in [2.45, 2.75) is 19.3 Å². The number of aromatic nitrogens is 1. The second-order valence-electron chi connectivity index (χ2n) is 4.92. The van der Waals surface area contributed by atoms with Gasteiger partial charge in [-0.3, -0.25) is 15.6 Å². The van der Waals surface area contributed by atoms with E-state index in [1.165, 1.54) is 11.8 Å². The molecule has 1 aromatic heterocycles. The van der Waals surface area contributed by atoms with Crippen LogP contribution >= 0.6 is 0 Å². The minimum absolute atomic E-state index is 0.170. The molecular formula is C16H20N4O. The fraction of sp³-hybridized carbons (Fsp3) is 0.250. The summed E-state index contributed by atoms with van der Waals surface area (Å²) in [6.45, 7) is 2.76. The van der Waals surface area contributed by atoms with Crippen LogP contribution in [0.2, 0.25) is 0 Å². The van der Waals surface area contributed by atoms with E-state index in [0.29, 0.717) is 23.7 Å². The number of carbonyl (C=O) groups excluding carboxylic acids is 1. The first kappa shape index (κ1) is 15.0. The van der Waals surface area contributed by atoms with Gasteiger partial charge in [0.05, 0.1) is 11.3 Å². The van der Waals surface area contributed by atoms with Gasteiger partial charge in [0, 0.05) is 18.9 Å². The first-order valence-corrected chi connectivity index (χ1v) is 6.96. The molecule has 0 spiro atoms. The number of amides is 1. The number of carbonyl (C=O) groups is 1. The number of anilines is 1. The minimum Gasteiger partial charge on any atom is -0.352 e. The van der Waals surface area contributed by atoms with Gasteiger partial charge in [0.15, 0.2) is 0 Å². The fourth-order valence-corrected chi connectivity index (χ4v) is 2.15. The number of hydrogen-bond acceptors (Lipinski definition) is 4. The van der Waals surface area contributed by atoms with E-state index in [0.717, 1.165) is 6.42 Å². The number of nitrogen functional groups attached to an aromatic ring is 1. The van der Waals surface area contributed by atoms with Crippen molar-refractivity contribution in [2.75, 3.05) is 12.0 Å². The third kappa shape index (κ3) is 4.03. The van der Waals surface area contributed by atoms with Crippen LogP contribution in [0.1, 0.15) is 35.2 Å². The van der Waals surface area contributed by atoms with Gasteiger partial charge in [-0.05, 0) is 24.0 Å². The number of benzene rings is 1. The van der Waals surface area contributed by atoms with Gasteiger partial charge >= 0.3 is 0 Å². The molecule has 0 fully saturated rings. The Morgan fingerprint density at radius 3 is 2.76 bits per heavy atom. The van der Waals surface area contributed by atoms with E-state index < -0.39 is 0 Å². The van der Waals surface area contributed by atoms with Crippen molar-refractivity contribution in [1.82, 2.24) is 10.3 Å². The molecule has 1 unspecified atom stereocenters. The van der Waals surface area contributed by atoms with Crippen LogP contribution in [0.25, 0.3) is 0 Å². The maximum Gasteiger partial charge on any atom is 0.255 e. The summed E-state index contributed by atoms with van der Waals surface area (Å²) < 4.78 is 0. The second kappa shape index (κ2) is 7.40. The summed E-state index contributed by atoms with van der Waals surface area (Å²) in [6.07, 6.45) is 3.97. The molecule has 5 heteroatoms. The molecule has 21 heavy (non-hydrogen) atoms. The SMILES string of the molecule is CC(CCNC(=O)c1cnccc1NN)c1ccccc1. The first-order chi connectivity index (χ1) is 10.2. The summed E-state index contributed by atoms with van der Waals surface area (Å²) >= 11 is 0. The quantitative estimate of drug-likeness (QED) is 0.561. The third-order valence-electron chi connectivity index (χ3n) is 3.45. The first-order valence-electron chi connectivity index (χ1n) is 6.96. The van der Waals surface area contributed by atoms with Crippen LogP contribution in [0.4, 0.5) is 5.69 Å². The average Bonchev–Trinajstić information content (AvgIpc) is 2.55. The van der Waals surface area contributed by atoms with Crippen LogP contribution in [0.15, 0.2) is 48.8 Å². The van der Waals surface area contributed by atoms with Crippen molar-refractivity contribution < 1.29 is 4.79 Å². The smallest absolute Gasteiger partial charge is 0.255 e. The van der Waals surface area contributed by atoms with Gasteiger partial charge in [-0.2, -0.15) is 0 Å². The van der Waals surface area contributed by atoms with Crippen molar-refractivity contribution in [3.63, 3.8) is 0 Å². The Hall–Kier alpha value is -2.40. The van der Waals surface area contributed by atoms with Crippen molar-refractivity contribution in [1.29, 1.82) is 0 Å². The lowest BCUT2D eigenvalue weighted by Crippen LogP contribution is -2.27. The Kier molecular flexibility index (Phi) is 5.29. The van der Waals surface area contributed by atoms with E-state index in [4.69, 9.17) is 5.84 Å². The molecule has 2 aromatic rings. The number of nitrogens with zero attached hydrogens (tertiary/aromatic N) is 1. The normalized spacial score (nSPS) is 11.7. The number of hydrogen-bond donors (Lipinski definition) is 3. The summed E-state index contributed by atoms with van der Waals surface area (Å²) in [7, 11) is 0. The molecule has 1 heterocycles. The van der Waals surface area contributed by atoms with Crippen LogP contribution in [-0.4, -0.2) is 17.4 Å². The number of pyridine rings is 1. The van der Waals surface area contributed by atoms with E-state index in [1.54, 1.807) is 12.3 Å². The molecule has 2 rings (SSSR count). The monoisotopic (exact) mass is 284 g/mol. The summed E-state index contributed by atoms with van der Waals surface area (Å²) in [4.78, 5) is 16.0. The number of rotatable bonds is 6. The van der Waals surface area contributed by atoms with Crippen molar-refractivity contribution in [3.8, 4) is 0 Å². The Bertz CT molecular complexity index is 586. The molecule has 0 saturated carbocycles. The summed E-state index contributed by atoms with van der Waals surface area (Å²) in [5.74, 6) is 5.61. The molecule has 1 amide bonds. The van der Waals surface area contributed by atoms with E-state index in [2.05, 4.69) is 34.8 Å². The predicted molar refractivity (Wildman–Crippen MR) is 83.9 cm³/mol. The highest BCUT2D eigenvalue weighted by molar-refractivity contribution is 5.99. The van der Waals surface area contributed by atoms with Gasteiger partial charge in [0.25, 0.3) is 5.91 Å². The summed E-state index contributed by atoms with van der Waals surface area (Å²) in [6, 6.07) is 11.9. The minimum atomic E-state index is -0.170. The molecule has 0 saturated heterocycles. The van der Waals surface area contributed by atoms with Gasteiger partial charge in [0.2, 0.25) is 0 Å². The lowest BCUT2D eigenvalue weighted by Gasteiger charge is -2.13. The molecule has 0 aliphatic carbocycles. The zero-order chi connectivity index (χ0) is 15.1. The number of nitrogens with one attached hydrogen (secondary N) is 2. The molecule has 4 N–H and O–H groups in total. The van der Waals surface area contributed by atoms with E-state index in [9.17, 15) is 4.79 Å². The van der Waals surface area contributed by atoms with Crippen LogP contribution < -0.4 is 16.6 Å². The third-order valence-corrected chi connectivity index (χ3v) is 3.45. The molecule has 1 aromatic carbocycles. The van der Waals surface area contributed by atoms with E-state index >= 15 is 0 Å². The van der Waals surface area contributed by atoms with Gasteiger partial charge < -0.3 is 10.7 Å². The Labute approximate surface area is 124 Å². The maximum absolute atomic E-state index is 12.1. The molecule has 0 radical (unpaired) electrons. The van der Waals surface area contributed by atoms with Gasteiger partial charge in [-0.1, -0.05) is 37.3 Å². The maximum atomic E-state index is 12.1. The average molecular weight is 284 g/mol. The zero-order valence-electron chi connectivity index (χ0n) is 12.0. The highest BCUT2D eigenvalue weighted by Gasteiger charge is 2.11. The van der Waals surface area contributed by atoms with E-state index in [-0.39, 0.29) is 5.91 Å². The molecule has 0 aliphatic heterocycles. The van der Waals surface area contributed by atoms with Crippen LogP contribution in [-0.2, 0) is 0 Å². The number of nitrogens with two attached hydrogens (primary N) is 1. The van der Waals surface area contributed by atoms with Crippen LogP contribution in [0.3, 0.4) is 0 Å². The van der Waals surface area contributed by atoms with Crippen molar-refractivity contribution in [2.24, 2.45) is 5.84 Å². The Balaban J connectivity index is 1.87. The van der Waals surface area contributed by atoms with Crippen LogP contribution in [0, 0.1) is 0 Å². The standard InChI is InChI=1S/C16H20N4O/c1-12(13-5-3-2-4-6-13)7-10-19-16(21)14-11-18-9-8-15(14)20-17/h2-6,8-9,11-12H,7,10,17H2,1H3,(H,18,20)(H,19,21). The summed E-state index contributed by atoms with van der Waals surface area (Å²) in [5.41, 5.74) is 4.80. The molecule has 110 valence electrons. The second-order valence-corrected chi connectivity index (χ2v) is 4.92. The highest BCUT2D eigenvalue weighted by Crippen LogP contribution is 2.18. The van der Waals surface area contributed by atoms with Crippen molar-refractivity contribution in [3.05, 3.63) is 59.9 Å². The topological polar surface area (TPSA) is 80.0 Å². The highest BCUT2D eigenvalue weighted by atomic mass is 16.1. The Morgan fingerprint density at radius 2 is 2.05 bits per heavy atom. The molecule has 0 aliphatic rings. The number of hydrazine groups is 1. The fourth-order valence-electron chi connectivity index (χ4n) is 2.15. The lowest BCUT2D eigenvalue weighted by molar-refractivity contribution is 0.0953. The molecule has 1 atom stereocenters. The van der Waals surface area contributed by atoms with Gasteiger partial charge in [0.1, 0.15) is 0 Å². The predicted octanol–water partition coefficient (Wildman–Crippen LogP) is 2.29. The molecule has 0 bridgehead atoms. The zero-order valence-corrected chi connectivity index (χ0v) is 12.0. The molecular weight excluding hydrogens is 264 g/mol. The molecule has 5 nitrogen and oxygen atoms in total. The van der Waals surface area contributed by atoms with Crippen LogP contribution in [0.5, 0.6) is 0 Å². The van der Waals surface area contributed by atoms with Crippen molar-refractivity contribution >= 4 is 11.6 Å². The largest absolute Gasteiger partial charge is 0.352 e. The van der Waals surface area contributed by atoms with E-state index in [1.807, 2.05) is 18.2 Å². The summed E-state index contributed by atoms with van der Waals surface area (Å²) in [5, 5.41) is 2.90. The van der Waals surface area contributed by atoms with Gasteiger partial charge in [-0.15, -0.1) is 0 Å². The van der Waals surface area contributed by atoms with Gasteiger partial charge in [-0.25, -0.2) is 0 Å². The lowest BCUT2D eigenvalue weighted by atomic mass is 9.98. The Morgan fingerprint density at radius 1 is 1.29 bits per heavy atom.